The monoisotopic (exact) mass is 269 g/mol. The zero-order valence-electron chi connectivity index (χ0n) is 8.68. The van der Waals surface area contributed by atoms with Crippen LogP contribution in [0.1, 0.15) is 16.8 Å². The Morgan fingerprint density at radius 1 is 1.35 bits per heavy atom. The Labute approximate surface area is 103 Å². The van der Waals surface area contributed by atoms with E-state index in [1.807, 2.05) is 24.3 Å². The van der Waals surface area contributed by atoms with Gasteiger partial charge in [-0.25, -0.2) is 8.42 Å². The summed E-state index contributed by atoms with van der Waals surface area (Å²) in [6.07, 6.45) is 0.650. The van der Waals surface area contributed by atoms with Crippen molar-refractivity contribution in [1.29, 1.82) is 0 Å². The average Bonchev–Trinajstić information content (AvgIpc) is 2.77. The van der Waals surface area contributed by atoms with Crippen LogP contribution in [0.5, 0.6) is 0 Å². The van der Waals surface area contributed by atoms with Gasteiger partial charge >= 0.3 is 0 Å². The smallest absolute Gasteiger partial charge is 0.238 e. The van der Waals surface area contributed by atoms with Crippen LogP contribution in [0, 0.1) is 0 Å². The first-order valence-corrected chi connectivity index (χ1v) is 7.50. The van der Waals surface area contributed by atoms with Gasteiger partial charge in [-0.1, -0.05) is 29.4 Å². The molecule has 1 heterocycles. The molecule has 6 heteroatoms. The Morgan fingerprint density at radius 3 is 2.88 bits per heavy atom. The van der Waals surface area contributed by atoms with Gasteiger partial charge in [-0.3, -0.25) is 0 Å². The fourth-order valence-electron chi connectivity index (χ4n) is 2.10. The molecule has 1 aliphatic rings. The number of rotatable bonds is 2. The van der Waals surface area contributed by atoms with Crippen LogP contribution in [0.15, 0.2) is 28.8 Å². The van der Waals surface area contributed by atoms with Crippen LogP contribution in [-0.2, 0) is 21.2 Å². The standard InChI is InChI=1S/C11H8ClNO3S/c12-17(14,15)6-10-9-5-7-3-1-2-4-8(7)11(9)16-13-10/h1-4H,5-6H2. The van der Waals surface area contributed by atoms with Gasteiger partial charge in [0.2, 0.25) is 9.05 Å². The van der Waals surface area contributed by atoms with Crippen LogP contribution in [0.3, 0.4) is 0 Å². The first-order chi connectivity index (χ1) is 8.04. The van der Waals surface area contributed by atoms with E-state index in [0.29, 0.717) is 17.9 Å². The van der Waals surface area contributed by atoms with Gasteiger partial charge < -0.3 is 4.52 Å². The molecule has 1 aliphatic carbocycles. The molecule has 0 atom stereocenters. The molecule has 0 amide bonds. The van der Waals surface area contributed by atoms with Crippen LogP contribution >= 0.6 is 10.7 Å². The van der Waals surface area contributed by atoms with Crippen LogP contribution in [0.4, 0.5) is 0 Å². The van der Waals surface area contributed by atoms with E-state index in [1.54, 1.807) is 0 Å². The minimum absolute atomic E-state index is 0.290. The average molecular weight is 270 g/mol. The molecule has 0 saturated heterocycles. The molecule has 0 spiro atoms. The van der Waals surface area contributed by atoms with Gasteiger partial charge in [0.15, 0.2) is 5.76 Å². The number of benzene rings is 1. The molecule has 0 saturated carbocycles. The Kier molecular flexibility index (Phi) is 2.27. The zero-order chi connectivity index (χ0) is 12.0. The van der Waals surface area contributed by atoms with Crippen molar-refractivity contribution in [3.63, 3.8) is 0 Å². The summed E-state index contributed by atoms with van der Waals surface area (Å²) >= 11 is 0. The molecule has 3 rings (SSSR count). The highest BCUT2D eigenvalue weighted by Crippen LogP contribution is 2.38. The predicted octanol–water partition coefficient (Wildman–Crippen LogP) is 2.31. The number of nitrogens with zero attached hydrogens (tertiary/aromatic N) is 1. The van der Waals surface area contributed by atoms with Crippen molar-refractivity contribution in [2.24, 2.45) is 0 Å². The summed E-state index contributed by atoms with van der Waals surface area (Å²) in [6, 6.07) is 7.78. The maximum atomic E-state index is 11.1. The SMILES string of the molecule is O=S(=O)(Cl)Cc1noc2c1Cc1ccccc1-2. The molecular weight excluding hydrogens is 262 g/mol. The van der Waals surface area contributed by atoms with Crippen molar-refractivity contribution < 1.29 is 12.9 Å². The molecular formula is C11H8ClNO3S. The van der Waals surface area contributed by atoms with Crippen molar-refractivity contribution in [2.45, 2.75) is 12.2 Å². The Balaban J connectivity index is 2.08. The van der Waals surface area contributed by atoms with Gasteiger partial charge in [0.1, 0.15) is 11.4 Å². The predicted molar refractivity (Wildman–Crippen MR) is 63.2 cm³/mol. The third kappa shape index (κ3) is 1.85. The minimum atomic E-state index is -3.61. The van der Waals surface area contributed by atoms with Gasteiger partial charge in [0, 0.05) is 28.2 Å². The molecule has 0 radical (unpaired) electrons. The summed E-state index contributed by atoms with van der Waals surface area (Å²) < 4.78 is 27.3. The van der Waals surface area contributed by atoms with Crippen LogP contribution in [-0.4, -0.2) is 13.6 Å². The number of fused-ring (bicyclic) bond motifs is 3. The van der Waals surface area contributed by atoms with E-state index >= 15 is 0 Å². The molecule has 0 unspecified atom stereocenters. The summed E-state index contributed by atoms with van der Waals surface area (Å²) in [5, 5.41) is 3.78. The maximum absolute atomic E-state index is 11.1. The van der Waals surface area contributed by atoms with Gasteiger partial charge in [-0.2, -0.15) is 0 Å². The lowest BCUT2D eigenvalue weighted by Gasteiger charge is -1.96. The number of halogens is 1. The maximum Gasteiger partial charge on any atom is 0.238 e. The molecule has 88 valence electrons. The fourth-order valence-corrected chi connectivity index (χ4v) is 2.96. The second-order valence-electron chi connectivity index (χ2n) is 3.95. The summed E-state index contributed by atoms with van der Waals surface area (Å²) in [6.45, 7) is 0. The van der Waals surface area contributed by atoms with Crippen LogP contribution in [0.2, 0.25) is 0 Å². The molecule has 1 aromatic carbocycles. The molecule has 0 bridgehead atoms. The molecule has 4 nitrogen and oxygen atoms in total. The lowest BCUT2D eigenvalue weighted by Crippen LogP contribution is -1.98. The number of hydrogen-bond acceptors (Lipinski definition) is 4. The third-order valence-electron chi connectivity index (χ3n) is 2.81. The Morgan fingerprint density at radius 2 is 2.12 bits per heavy atom. The molecule has 0 aliphatic heterocycles. The van der Waals surface area contributed by atoms with Crippen molar-refractivity contribution in [1.82, 2.24) is 5.16 Å². The van der Waals surface area contributed by atoms with Gasteiger partial charge in [-0.05, 0) is 5.56 Å². The summed E-state index contributed by atoms with van der Waals surface area (Å²) in [5.74, 6) is 0.373. The third-order valence-corrected chi connectivity index (χ3v) is 3.75. The van der Waals surface area contributed by atoms with E-state index in [4.69, 9.17) is 15.2 Å². The highest BCUT2D eigenvalue weighted by molar-refractivity contribution is 8.13. The quantitative estimate of drug-likeness (QED) is 0.670. The lowest BCUT2D eigenvalue weighted by atomic mass is 10.1. The van der Waals surface area contributed by atoms with E-state index in [2.05, 4.69) is 5.16 Å². The van der Waals surface area contributed by atoms with Gasteiger partial charge in [-0.15, -0.1) is 0 Å². The van der Waals surface area contributed by atoms with Crippen molar-refractivity contribution >= 4 is 19.7 Å². The van der Waals surface area contributed by atoms with Gasteiger partial charge in [0.05, 0.1) is 0 Å². The number of aromatic nitrogens is 1. The highest BCUT2D eigenvalue weighted by atomic mass is 35.7. The van der Waals surface area contributed by atoms with Gasteiger partial charge in [0.25, 0.3) is 0 Å². The highest BCUT2D eigenvalue weighted by Gasteiger charge is 2.28. The zero-order valence-corrected chi connectivity index (χ0v) is 10.3. The largest absolute Gasteiger partial charge is 0.356 e. The second kappa shape index (κ2) is 3.58. The van der Waals surface area contributed by atoms with E-state index < -0.39 is 9.05 Å². The topological polar surface area (TPSA) is 60.2 Å². The summed E-state index contributed by atoms with van der Waals surface area (Å²) in [5.41, 5.74) is 3.34. The second-order valence-corrected chi connectivity index (χ2v) is 6.73. The van der Waals surface area contributed by atoms with E-state index in [9.17, 15) is 8.42 Å². The molecule has 0 fully saturated rings. The van der Waals surface area contributed by atoms with Crippen molar-refractivity contribution in [3.05, 3.63) is 41.1 Å². The van der Waals surface area contributed by atoms with Crippen molar-refractivity contribution in [3.8, 4) is 11.3 Å². The first kappa shape index (κ1) is 10.8. The van der Waals surface area contributed by atoms with E-state index in [-0.39, 0.29) is 5.75 Å². The fraction of sp³-hybridized carbons (Fsp3) is 0.182. The summed E-state index contributed by atoms with van der Waals surface area (Å²) in [7, 11) is 1.62. The van der Waals surface area contributed by atoms with E-state index in [1.165, 1.54) is 0 Å². The Hall–Kier alpha value is -1.33. The molecule has 0 N–H and O–H groups in total. The molecule has 17 heavy (non-hydrogen) atoms. The first-order valence-electron chi connectivity index (χ1n) is 5.02. The summed E-state index contributed by atoms with van der Waals surface area (Å²) in [4.78, 5) is 0. The molecule has 1 aromatic heterocycles. The van der Waals surface area contributed by atoms with E-state index in [0.717, 1.165) is 16.7 Å². The van der Waals surface area contributed by atoms with Crippen LogP contribution < -0.4 is 0 Å². The van der Waals surface area contributed by atoms with Crippen molar-refractivity contribution in [2.75, 3.05) is 0 Å². The lowest BCUT2D eigenvalue weighted by molar-refractivity contribution is 0.426. The Bertz CT molecular complexity index is 690. The molecule has 2 aromatic rings. The normalized spacial score (nSPS) is 13.5. The minimum Gasteiger partial charge on any atom is -0.356 e. The van der Waals surface area contributed by atoms with Crippen LogP contribution in [0.25, 0.3) is 11.3 Å². The number of hydrogen-bond donors (Lipinski definition) is 0.